The van der Waals surface area contributed by atoms with Crippen LogP contribution in [-0.4, -0.2) is 11.7 Å². The van der Waals surface area contributed by atoms with E-state index in [9.17, 15) is 5.11 Å². The van der Waals surface area contributed by atoms with E-state index in [1.54, 1.807) is 0 Å². The smallest absolute Gasteiger partial charge is 0.126 e. The standard InChI is InChI=1S/C17H16Cl2O2/c1-10-6-11(2-3-15(10)19)16(20)9-13-8-14(18)7-12-4-5-21-17(12)13/h2-3,6-8,16,20H,4-5,9H2,1H3. The quantitative estimate of drug-likeness (QED) is 0.900. The Morgan fingerprint density at radius 2 is 2.05 bits per heavy atom. The maximum atomic E-state index is 10.5. The van der Waals surface area contributed by atoms with E-state index in [4.69, 9.17) is 27.9 Å². The monoisotopic (exact) mass is 322 g/mol. The molecule has 0 saturated carbocycles. The third-order valence-corrected chi connectivity index (χ3v) is 4.45. The Kier molecular flexibility index (Phi) is 4.12. The highest BCUT2D eigenvalue weighted by Gasteiger charge is 2.20. The van der Waals surface area contributed by atoms with E-state index in [2.05, 4.69) is 0 Å². The van der Waals surface area contributed by atoms with Crippen LogP contribution in [-0.2, 0) is 12.8 Å². The highest BCUT2D eigenvalue weighted by Crippen LogP contribution is 2.35. The summed E-state index contributed by atoms with van der Waals surface area (Å²) in [6.45, 7) is 2.61. The molecule has 0 radical (unpaired) electrons. The average Bonchev–Trinajstić information content (AvgIpc) is 2.90. The molecule has 110 valence electrons. The van der Waals surface area contributed by atoms with Crippen molar-refractivity contribution in [2.45, 2.75) is 25.9 Å². The lowest BCUT2D eigenvalue weighted by atomic mass is 9.98. The number of hydrogen-bond donors (Lipinski definition) is 1. The maximum Gasteiger partial charge on any atom is 0.126 e. The van der Waals surface area contributed by atoms with Crippen LogP contribution in [0.25, 0.3) is 0 Å². The zero-order valence-electron chi connectivity index (χ0n) is 11.7. The third-order valence-electron chi connectivity index (χ3n) is 3.81. The first-order chi connectivity index (χ1) is 10.0. The fourth-order valence-corrected chi connectivity index (χ4v) is 3.08. The number of benzene rings is 2. The van der Waals surface area contributed by atoms with Gasteiger partial charge in [-0.3, -0.25) is 0 Å². The summed E-state index contributed by atoms with van der Waals surface area (Å²) < 4.78 is 5.67. The van der Waals surface area contributed by atoms with E-state index in [1.807, 2.05) is 37.3 Å². The first-order valence-corrected chi connectivity index (χ1v) is 7.68. The highest BCUT2D eigenvalue weighted by atomic mass is 35.5. The molecule has 1 atom stereocenters. The van der Waals surface area contributed by atoms with Crippen LogP contribution in [0.5, 0.6) is 5.75 Å². The number of rotatable bonds is 3. The average molecular weight is 323 g/mol. The van der Waals surface area contributed by atoms with Gasteiger partial charge in [-0.25, -0.2) is 0 Å². The van der Waals surface area contributed by atoms with Gasteiger partial charge in [0.2, 0.25) is 0 Å². The fourth-order valence-electron chi connectivity index (χ4n) is 2.70. The van der Waals surface area contributed by atoms with Crippen LogP contribution in [0.4, 0.5) is 0 Å². The van der Waals surface area contributed by atoms with Gasteiger partial charge in [0.15, 0.2) is 0 Å². The molecular formula is C17H16Cl2O2. The fraction of sp³-hybridized carbons (Fsp3) is 0.294. The Morgan fingerprint density at radius 1 is 1.24 bits per heavy atom. The molecular weight excluding hydrogens is 307 g/mol. The molecule has 1 N–H and O–H groups in total. The third kappa shape index (κ3) is 3.03. The van der Waals surface area contributed by atoms with E-state index in [0.717, 1.165) is 34.4 Å². The van der Waals surface area contributed by atoms with Gasteiger partial charge in [0.1, 0.15) is 5.75 Å². The molecule has 2 aromatic rings. The molecule has 4 heteroatoms. The Morgan fingerprint density at radius 3 is 2.81 bits per heavy atom. The molecule has 3 rings (SSSR count). The van der Waals surface area contributed by atoms with Crippen LogP contribution in [0, 0.1) is 6.92 Å². The molecule has 2 nitrogen and oxygen atoms in total. The summed E-state index contributed by atoms with van der Waals surface area (Å²) in [5, 5.41) is 11.9. The van der Waals surface area contributed by atoms with Gasteiger partial charge in [-0.05, 0) is 47.4 Å². The molecule has 0 fully saturated rings. The second-order valence-electron chi connectivity index (χ2n) is 5.38. The van der Waals surface area contributed by atoms with E-state index in [1.165, 1.54) is 0 Å². The van der Waals surface area contributed by atoms with Gasteiger partial charge in [0, 0.05) is 22.9 Å². The predicted molar refractivity (Wildman–Crippen MR) is 85.5 cm³/mol. The number of fused-ring (bicyclic) bond motifs is 1. The molecule has 0 saturated heterocycles. The first-order valence-electron chi connectivity index (χ1n) is 6.93. The van der Waals surface area contributed by atoms with Crippen molar-refractivity contribution in [3.63, 3.8) is 0 Å². The van der Waals surface area contributed by atoms with Crippen molar-refractivity contribution in [2.24, 2.45) is 0 Å². The van der Waals surface area contributed by atoms with Gasteiger partial charge in [0.25, 0.3) is 0 Å². The number of aliphatic hydroxyl groups excluding tert-OH is 1. The number of hydrogen-bond acceptors (Lipinski definition) is 2. The van der Waals surface area contributed by atoms with E-state index < -0.39 is 6.10 Å². The lowest BCUT2D eigenvalue weighted by Gasteiger charge is -2.15. The summed E-state index contributed by atoms with van der Waals surface area (Å²) in [6, 6.07) is 9.39. The van der Waals surface area contributed by atoms with E-state index in [-0.39, 0.29) is 0 Å². The molecule has 2 aromatic carbocycles. The van der Waals surface area contributed by atoms with Crippen molar-refractivity contribution < 1.29 is 9.84 Å². The molecule has 1 unspecified atom stereocenters. The van der Waals surface area contributed by atoms with Gasteiger partial charge in [0.05, 0.1) is 12.7 Å². The molecule has 1 aliphatic rings. The summed E-state index contributed by atoms with van der Waals surface area (Å²) in [5.74, 6) is 0.879. The molecule has 0 amide bonds. The van der Waals surface area contributed by atoms with Crippen LogP contribution >= 0.6 is 23.2 Å². The zero-order valence-corrected chi connectivity index (χ0v) is 13.2. The minimum absolute atomic E-state index is 0.476. The van der Waals surface area contributed by atoms with Crippen molar-refractivity contribution >= 4 is 23.2 Å². The zero-order chi connectivity index (χ0) is 15.0. The first kappa shape index (κ1) is 14.7. The van der Waals surface area contributed by atoms with Crippen molar-refractivity contribution in [1.82, 2.24) is 0 Å². The second kappa shape index (κ2) is 5.88. The number of aliphatic hydroxyl groups is 1. The van der Waals surface area contributed by atoms with Crippen LogP contribution in [0.1, 0.15) is 28.4 Å². The SMILES string of the molecule is Cc1cc(C(O)Cc2cc(Cl)cc3c2OCC3)ccc1Cl. The Hall–Kier alpha value is -1.22. The summed E-state index contributed by atoms with van der Waals surface area (Å²) in [4.78, 5) is 0. The van der Waals surface area contributed by atoms with Gasteiger partial charge >= 0.3 is 0 Å². The highest BCUT2D eigenvalue weighted by molar-refractivity contribution is 6.31. The predicted octanol–water partition coefficient (Wildman–Crippen LogP) is 4.51. The van der Waals surface area contributed by atoms with Gasteiger partial charge in [-0.2, -0.15) is 0 Å². The second-order valence-corrected chi connectivity index (χ2v) is 6.22. The van der Waals surface area contributed by atoms with Gasteiger partial charge in [-0.15, -0.1) is 0 Å². The van der Waals surface area contributed by atoms with E-state index in [0.29, 0.717) is 23.1 Å². The molecule has 0 aromatic heterocycles. The van der Waals surface area contributed by atoms with Crippen molar-refractivity contribution in [2.75, 3.05) is 6.61 Å². The summed E-state index contributed by atoms with van der Waals surface area (Å²) in [7, 11) is 0. The van der Waals surface area contributed by atoms with E-state index >= 15 is 0 Å². The Bertz CT molecular complexity index is 683. The molecule has 0 spiro atoms. The maximum absolute atomic E-state index is 10.5. The largest absolute Gasteiger partial charge is 0.493 e. The van der Waals surface area contributed by atoms with Gasteiger partial charge < -0.3 is 9.84 Å². The Labute approximate surface area is 134 Å². The summed E-state index contributed by atoms with van der Waals surface area (Å²) >= 11 is 12.2. The van der Waals surface area contributed by atoms with Crippen LogP contribution in [0.2, 0.25) is 10.0 Å². The number of aryl methyl sites for hydroxylation is 1. The summed E-state index contributed by atoms with van der Waals surface area (Å²) in [5.41, 5.74) is 3.89. The molecule has 0 aliphatic carbocycles. The summed E-state index contributed by atoms with van der Waals surface area (Å²) in [6.07, 6.45) is 0.746. The molecule has 21 heavy (non-hydrogen) atoms. The number of ether oxygens (including phenoxy) is 1. The van der Waals surface area contributed by atoms with Crippen LogP contribution < -0.4 is 4.74 Å². The topological polar surface area (TPSA) is 29.5 Å². The van der Waals surface area contributed by atoms with Crippen molar-refractivity contribution in [3.8, 4) is 5.75 Å². The van der Waals surface area contributed by atoms with Crippen molar-refractivity contribution in [3.05, 3.63) is 62.6 Å². The van der Waals surface area contributed by atoms with Gasteiger partial charge in [-0.1, -0.05) is 35.3 Å². The van der Waals surface area contributed by atoms with Crippen LogP contribution in [0.15, 0.2) is 30.3 Å². The number of halogens is 2. The van der Waals surface area contributed by atoms with Crippen molar-refractivity contribution in [1.29, 1.82) is 0 Å². The lowest BCUT2D eigenvalue weighted by molar-refractivity contribution is 0.177. The minimum atomic E-state index is -0.604. The molecule has 1 heterocycles. The minimum Gasteiger partial charge on any atom is -0.493 e. The molecule has 0 bridgehead atoms. The Balaban J connectivity index is 1.88. The van der Waals surface area contributed by atoms with Crippen LogP contribution in [0.3, 0.4) is 0 Å². The molecule has 1 aliphatic heterocycles. The normalized spacial score (nSPS) is 14.7. The lowest BCUT2D eigenvalue weighted by Crippen LogP contribution is -2.04.